The zero-order valence-electron chi connectivity index (χ0n) is 28.7. The fourth-order valence-electron chi connectivity index (χ4n) is 7.21. The van der Waals surface area contributed by atoms with Crippen molar-refractivity contribution in [3.63, 3.8) is 0 Å². The van der Waals surface area contributed by atoms with Crippen molar-refractivity contribution in [2.45, 2.75) is 113 Å². The minimum Gasteiger partial charge on any atom is -0.394 e. The van der Waals surface area contributed by atoms with Gasteiger partial charge in [0.05, 0.1) is 35.4 Å². The standard InChI is InChI=1S/3C12H18N2O2/c3*1-16-10-5-2-4-9(8-10)14-7-3-6-11(13)12(14)15/h3*3,6-7,9-10H,2,4-5,8,13H2,1H3/t9-,10?;2*9-,10+/m010/s1. The van der Waals surface area contributed by atoms with Crippen molar-refractivity contribution in [2.24, 2.45) is 0 Å². The molecule has 3 aliphatic rings. The molecule has 0 aromatic carbocycles. The van der Waals surface area contributed by atoms with E-state index in [4.69, 9.17) is 31.4 Å². The van der Waals surface area contributed by atoms with Crippen LogP contribution in [0.3, 0.4) is 0 Å². The Hall–Kier alpha value is -3.87. The highest BCUT2D eigenvalue weighted by Crippen LogP contribution is 2.31. The first-order valence-corrected chi connectivity index (χ1v) is 17.1. The van der Waals surface area contributed by atoms with Gasteiger partial charge in [-0.25, -0.2) is 0 Å². The van der Waals surface area contributed by atoms with Crippen LogP contribution >= 0.6 is 0 Å². The zero-order valence-corrected chi connectivity index (χ0v) is 28.7. The summed E-state index contributed by atoms with van der Waals surface area (Å²) in [7, 11) is 5.19. The van der Waals surface area contributed by atoms with E-state index in [-0.39, 0.29) is 53.1 Å². The van der Waals surface area contributed by atoms with Gasteiger partial charge in [0.1, 0.15) is 0 Å². The molecular weight excluding hydrogens is 612 g/mol. The summed E-state index contributed by atoms with van der Waals surface area (Å²) in [5.74, 6) is 0. The van der Waals surface area contributed by atoms with Crippen LogP contribution < -0.4 is 33.9 Å². The van der Waals surface area contributed by atoms with E-state index in [0.717, 1.165) is 77.0 Å². The lowest BCUT2D eigenvalue weighted by molar-refractivity contribution is 0.0523. The fraction of sp³-hybridized carbons (Fsp3) is 0.583. The number of rotatable bonds is 6. The number of nitrogens with zero attached hydrogens (tertiary/aromatic N) is 3. The van der Waals surface area contributed by atoms with Gasteiger partial charge in [-0.1, -0.05) is 0 Å². The SMILES string of the molecule is COC1CCC[C@H](n2cccc(N)c2=O)C1.CO[C@@H]1CCC[C@H](n2cccc(N)c2=O)C1.CO[C@H]1CCC[C@@H](n2cccc(N)c2=O)C1. The maximum absolute atomic E-state index is 11.9. The fourth-order valence-corrected chi connectivity index (χ4v) is 7.21. The molecule has 1 unspecified atom stereocenters. The van der Waals surface area contributed by atoms with Crippen LogP contribution in [-0.2, 0) is 14.2 Å². The lowest BCUT2D eigenvalue weighted by atomic mass is 9.92. The van der Waals surface area contributed by atoms with Gasteiger partial charge in [0.15, 0.2) is 0 Å². The molecule has 264 valence electrons. The number of nitrogens with two attached hydrogens (primary N) is 3. The second-order valence-corrected chi connectivity index (χ2v) is 13.1. The van der Waals surface area contributed by atoms with E-state index < -0.39 is 0 Å². The van der Waals surface area contributed by atoms with E-state index in [0.29, 0.717) is 17.1 Å². The van der Waals surface area contributed by atoms with Gasteiger partial charge in [-0.15, -0.1) is 0 Å². The Balaban J connectivity index is 0.000000163. The van der Waals surface area contributed by atoms with Crippen LogP contribution in [0, 0.1) is 0 Å². The molecule has 3 aromatic rings. The molecular formula is C36H54N6O6. The number of methoxy groups -OCH3 is 3. The smallest absolute Gasteiger partial charge is 0.273 e. The van der Waals surface area contributed by atoms with Crippen molar-refractivity contribution in [1.29, 1.82) is 0 Å². The third-order valence-electron chi connectivity index (χ3n) is 9.99. The molecule has 3 heterocycles. The average molecular weight is 667 g/mol. The summed E-state index contributed by atoms with van der Waals surface area (Å²) in [5, 5.41) is 0. The van der Waals surface area contributed by atoms with Crippen LogP contribution in [0.5, 0.6) is 0 Å². The van der Waals surface area contributed by atoms with E-state index in [2.05, 4.69) is 0 Å². The summed E-state index contributed by atoms with van der Waals surface area (Å²) in [6.07, 6.45) is 18.6. The Morgan fingerprint density at radius 1 is 0.500 bits per heavy atom. The third kappa shape index (κ3) is 9.61. The molecule has 3 aromatic heterocycles. The Bertz CT molecular complexity index is 1430. The molecule has 0 bridgehead atoms. The van der Waals surface area contributed by atoms with Crippen LogP contribution in [0.25, 0.3) is 0 Å². The first kappa shape index (κ1) is 37.0. The molecule has 0 saturated heterocycles. The van der Waals surface area contributed by atoms with Gasteiger partial charge in [-0.3, -0.25) is 14.4 Å². The second-order valence-electron chi connectivity index (χ2n) is 13.1. The number of nitrogen functional groups attached to an aromatic ring is 3. The largest absolute Gasteiger partial charge is 0.394 e. The predicted molar refractivity (Wildman–Crippen MR) is 190 cm³/mol. The molecule has 3 aliphatic carbocycles. The van der Waals surface area contributed by atoms with Gasteiger partial charge in [0.2, 0.25) is 0 Å². The Morgan fingerprint density at radius 2 is 0.771 bits per heavy atom. The highest BCUT2D eigenvalue weighted by molar-refractivity contribution is 5.35. The molecule has 0 radical (unpaired) electrons. The maximum atomic E-state index is 11.9. The summed E-state index contributed by atoms with van der Waals surface area (Å²) in [5.41, 5.74) is 17.6. The number of hydrogen-bond donors (Lipinski definition) is 3. The van der Waals surface area contributed by atoms with E-state index in [1.807, 2.05) is 36.8 Å². The molecule has 0 amide bonds. The highest BCUT2D eigenvalue weighted by atomic mass is 16.5. The van der Waals surface area contributed by atoms with Crippen LogP contribution in [0.15, 0.2) is 69.4 Å². The van der Waals surface area contributed by atoms with E-state index >= 15 is 0 Å². The van der Waals surface area contributed by atoms with Gasteiger partial charge in [0.25, 0.3) is 16.7 Å². The number of anilines is 3. The molecule has 3 fully saturated rings. The maximum Gasteiger partial charge on any atom is 0.273 e. The van der Waals surface area contributed by atoms with Crippen molar-refractivity contribution in [3.8, 4) is 0 Å². The summed E-state index contributed by atoms with van der Waals surface area (Å²) < 4.78 is 21.4. The quantitative estimate of drug-likeness (QED) is 0.338. The number of hydrogen-bond acceptors (Lipinski definition) is 9. The van der Waals surface area contributed by atoms with Crippen LogP contribution in [-0.4, -0.2) is 53.3 Å². The first-order chi connectivity index (χ1) is 23.2. The Kier molecular flexibility index (Phi) is 13.9. The van der Waals surface area contributed by atoms with Gasteiger partial charge >= 0.3 is 0 Å². The zero-order chi connectivity index (χ0) is 34.6. The molecule has 12 nitrogen and oxygen atoms in total. The Labute approximate surface area is 282 Å². The van der Waals surface area contributed by atoms with Gasteiger partial charge in [-0.2, -0.15) is 0 Å². The number of pyridine rings is 3. The second kappa shape index (κ2) is 18.0. The van der Waals surface area contributed by atoms with Crippen molar-refractivity contribution in [1.82, 2.24) is 13.7 Å². The van der Waals surface area contributed by atoms with Crippen molar-refractivity contribution in [3.05, 3.63) is 86.1 Å². The lowest BCUT2D eigenvalue weighted by Crippen LogP contribution is -2.31. The average Bonchev–Trinajstić information content (AvgIpc) is 3.12. The minimum atomic E-state index is -0.0794. The third-order valence-corrected chi connectivity index (χ3v) is 9.99. The normalized spacial score (nSPS) is 25.6. The molecule has 0 aliphatic heterocycles. The van der Waals surface area contributed by atoms with Crippen LogP contribution in [0.2, 0.25) is 0 Å². The van der Waals surface area contributed by atoms with E-state index in [9.17, 15) is 14.4 Å². The van der Waals surface area contributed by atoms with Gasteiger partial charge < -0.3 is 45.1 Å². The molecule has 6 N–H and O–H groups in total. The number of ether oxygens (including phenoxy) is 3. The van der Waals surface area contributed by atoms with Crippen molar-refractivity contribution >= 4 is 17.1 Å². The van der Waals surface area contributed by atoms with Crippen molar-refractivity contribution in [2.75, 3.05) is 38.5 Å². The monoisotopic (exact) mass is 666 g/mol. The van der Waals surface area contributed by atoms with Gasteiger partial charge in [0, 0.05) is 58.0 Å². The van der Waals surface area contributed by atoms with Crippen LogP contribution in [0.4, 0.5) is 17.1 Å². The summed E-state index contributed by atoms with van der Waals surface area (Å²) >= 11 is 0. The molecule has 48 heavy (non-hydrogen) atoms. The highest BCUT2D eigenvalue weighted by Gasteiger charge is 2.25. The Morgan fingerprint density at radius 3 is 1.02 bits per heavy atom. The summed E-state index contributed by atoms with van der Waals surface area (Å²) in [4.78, 5) is 35.6. The van der Waals surface area contributed by atoms with Crippen LogP contribution in [0.1, 0.15) is 95.2 Å². The van der Waals surface area contributed by atoms with E-state index in [1.165, 1.54) is 0 Å². The molecule has 3 saturated carbocycles. The summed E-state index contributed by atoms with van der Waals surface area (Å²) in [6.45, 7) is 0. The summed E-state index contributed by atoms with van der Waals surface area (Å²) in [6, 6.07) is 11.1. The van der Waals surface area contributed by atoms with E-state index in [1.54, 1.807) is 53.2 Å². The lowest BCUT2D eigenvalue weighted by Gasteiger charge is -2.29. The number of aromatic nitrogens is 3. The van der Waals surface area contributed by atoms with Gasteiger partial charge in [-0.05, 0) is 113 Å². The molecule has 6 atom stereocenters. The topological polar surface area (TPSA) is 172 Å². The first-order valence-electron chi connectivity index (χ1n) is 17.1. The predicted octanol–water partition coefficient (Wildman–Crippen LogP) is 4.68. The van der Waals surface area contributed by atoms with Crippen molar-refractivity contribution < 1.29 is 14.2 Å². The minimum absolute atomic E-state index is 0.0794. The molecule has 12 heteroatoms. The molecule has 0 spiro atoms. The molecule has 6 rings (SSSR count).